The Morgan fingerprint density at radius 3 is 2.47 bits per heavy atom. The molecule has 0 saturated carbocycles. The smallest absolute Gasteiger partial charge is 0.227 e. The van der Waals surface area contributed by atoms with Gasteiger partial charge in [0.1, 0.15) is 0 Å². The van der Waals surface area contributed by atoms with Gasteiger partial charge in [-0.2, -0.15) is 0 Å². The SMILES string of the molecule is CC(N)c1ccc(N2CCCC2=O)cc1. The molecular formula is C12H16N2O. The van der Waals surface area contributed by atoms with Crippen LogP contribution in [0.4, 0.5) is 5.69 Å². The van der Waals surface area contributed by atoms with Crippen LogP contribution in [0, 0.1) is 0 Å². The van der Waals surface area contributed by atoms with Crippen molar-refractivity contribution in [2.45, 2.75) is 25.8 Å². The molecule has 0 spiro atoms. The van der Waals surface area contributed by atoms with Gasteiger partial charge in [0.05, 0.1) is 0 Å². The van der Waals surface area contributed by atoms with Gasteiger partial charge in [-0.15, -0.1) is 0 Å². The van der Waals surface area contributed by atoms with Crippen molar-refractivity contribution in [3.05, 3.63) is 29.8 Å². The molecule has 2 N–H and O–H groups in total. The molecule has 1 saturated heterocycles. The molecule has 1 amide bonds. The average Bonchev–Trinajstić information content (AvgIpc) is 2.65. The van der Waals surface area contributed by atoms with Crippen LogP contribution in [-0.2, 0) is 4.79 Å². The molecule has 3 nitrogen and oxygen atoms in total. The van der Waals surface area contributed by atoms with Crippen LogP contribution in [0.15, 0.2) is 24.3 Å². The number of carbonyl (C=O) groups is 1. The Bertz CT molecular complexity index is 356. The van der Waals surface area contributed by atoms with E-state index in [1.807, 2.05) is 36.1 Å². The summed E-state index contributed by atoms with van der Waals surface area (Å²) in [6.07, 6.45) is 1.64. The number of benzene rings is 1. The van der Waals surface area contributed by atoms with Crippen LogP contribution in [0.1, 0.15) is 31.4 Å². The number of hydrogen-bond acceptors (Lipinski definition) is 2. The number of amides is 1. The summed E-state index contributed by atoms with van der Waals surface area (Å²) < 4.78 is 0. The monoisotopic (exact) mass is 204 g/mol. The van der Waals surface area contributed by atoms with Gasteiger partial charge in [-0.3, -0.25) is 4.79 Å². The highest BCUT2D eigenvalue weighted by atomic mass is 16.2. The number of carbonyl (C=O) groups excluding carboxylic acids is 1. The molecule has 15 heavy (non-hydrogen) atoms. The summed E-state index contributed by atoms with van der Waals surface area (Å²) in [5.41, 5.74) is 7.85. The summed E-state index contributed by atoms with van der Waals surface area (Å²) in [6.45, 7) is 2.80. The van der Waals surface area contributed by atoms with Gasteiger partial charge in [0.15, 0.2) is 0 Å². The molecule has 1 aliphatic heterocycles. The maximum Gasteiger partial charge on any atom is 0.227 e. The maximum atomic E-state index is 11.5. The topological polar surface area (TPSA) is 46.3 Å². The third-order valence-electron chi connectivity index (χ3n) is 2.80. The average molecular weight is 204 g/mol. The minimum atomic E-state index is 0.0494. The van der Waals surface area contributed by atoms with E-state index < -0.39 is 0 Å². The third kappa shape index (κ3) is 2.02. The molecule has 1 aromatic carbocycles. The van der Waals surface area contributed by atoms with Crippen LogP contribution in [0.2, 0.25) is 0 Å². The van der Waals surface area contributed by atoms with Gasteiger partial charge >= 0.3 is 0 Å². The van der Waals surface area contributed by atoms with E-state index in [-0.39, 0.29) is 11.9 Å². The highest BCUT2D eigenvalue weighted by Gasteiger charge is 2.21. The summed E-state index contributed by atoms with van der Waals surface area (Å²) >= 11 is 0. The summed E-state index contributed by atoms with van der Waals surface area (Å²) in [6, 6.07) is 7.98. The van der Waals surface area contributed by atoms with Gasteiger partial charge in [-0.25, -0.2) is 0 Å². The van der Waals surface area contributed by atoms with Crippen LogP contribution in [0.5, 0.6) is 0 Å². The van der Waals surface area contributed by atoms with Crippen LogP contribution >= 0.6 is 0 Å². The first-order chi connectivity index (χ1) is 7.18. The Morgan fingerprint density at radius 1 is 1.33 bits per heavy atom. The Morgan fingerprint density at radius 2 is 2.00 bits per heavy atom. The molecule has 1 unspecified atom stereocenters. The maximum absolute atomic E-state index is 11.5. The van der Waals surface area contributed by atoms with E-state index in [4.69, 9.17) is 5.73 Å². The van der Waals surface area contributed by atoms with Crippen LogP contribution in [-0.4, -0.2) is 12.5 Å². The standard InChI is InChI=1S/C12H16N2O/c1-9(13)10-4-6-11(7-5-10)14-8-2-3-12(14)15/h4-7,9H,2-3,8,13H2,1H3. The fourth-order valence-electron chi connectivity index (χ4n) is 1.88. The van der Waals surface area contributed by atoms with Crippen molar-refractivity contribution >= 4 is 11.6 Å². The van der Waals surface area contributed by atoms with E-state index in [9.17, 15) is 4.79 Å². The minimum absolute atomic E-state index is 0.0494. The zero-order valence-corrected chi connectivity index (χ0v) is 8.94. The number of hydrogen-bond donors (Lipinski definition) is 1. The van der Waals surface area contributed by atoms with Crippen LogP contribution in [0.3, 0.4) is 0 Å². The van der Waals surface area contributed by atoms with Crippen LogP contribution in [0.25, 0.3) is 0 Å². The lowest BCUT2D eigenvalue weighted by Crippen LogP contribution is -2.23. The Hall–Kier alpha value is -1.35. The minimum Gasteiger partial charge on any atom is -0.324 e. The van der Waals surface area contributed by atoms with Crippen molar-refractivity contribution in [2.24, 2.45) is 5.73 Å². The van der Waals surface area contributed by atoms with Crippen molar-refractivity contribution in [1.82, 2.24) is 0 Å². The lowest BCUT2D eigenvalue weighted by atomic mass is 10.1. The molecule has 80 valence electrons. The Balaban J connectivity index is 2.19. The van der Waals surface area contributed by atoms with Gasteiger partial charge in [-0.05, 0) is 31.0 Å². The zero-order chi connectivity index (χ0) is 10.8. The number of nitrogens with two attached hydrogens (primary N) is 1. The van der Waals surface area contributed by atoms with E-state index in [1.165, 1.54) is 0 Å². The number of nitrogens with zero attached hydrogens (tertiary/aromatic N) is 1. The lowest BCUT2D eigenvalue weighted by Gasteiger charge is -2.16. The van der Waals surface area contributed by atoms with Gasteiger partial charge in [0.25, 0.3) is 0 Å². The Labute approximate surface area is 89.9 Å². The molecule has 1 atom stereocenters. The molecule has 0 aromatic heterocycles. The van der Waals surface area contributed by atoms with Crippen molar-refractivity contribution in [3.8, 4) is 0 Å². The fraction of sp³-hybridized carbons (Fsp3) is 0.417. The first kappa shape index (κ1) is 10.2. The van der Waals surface area contributed by atoms with E-state index in [1.54, 1.807) is 0 Å². The summed E-state index contributed by atoms with van der Waals surface area (Å²) in [7, 11) is 0. The second-order valence-corrected chi connectivity index (χ2v) is 4.03. The molecule has 2 rings (SSSR count). The molecule has 1 aromatic rings. The number of anilines is 1. The Kier molecular flexibility index (Phi) is 2.73. The molecular weight excluding hydrogens is 188 g/mol. The van der Waals surface area contributed by atoms with Crippen LogP contribution < -0.4 is 10.6 Å². The van der Waals surface area contributed by atoms with Gasteiger partial charge < -0.3 is 10.6 Å². The molecule has 0 bridgehead atoms. The van der Waals surface area contributed by atoms with Crippen molar-refractivity contribution < 1.29 is 4.79 Å². The predicted molar refractivity (Wildman–Crippen MR) is 60.6 cm³/mol. The summed E-state index contributed by atoms with van der Waals surface area (Å²) in [5, 5.41) is 0. The van der Waals surface area contributed by atoms with Crippen molar-refractivity contribution in [3.63, 3.8) is 0 Å². The second kappa shape index (κ2) is 4.03. The van der Waals surface area contributed by atoms with E-state index in [2.05, 4.69) is 0 Å². The van der Waals surface area contributed by atoms with Gasteiger partial charge in [0.2, 0.25) is 5.91 Å². The highest BCUT2D eigenvalue weighted by molar-refractivity contribution is 5.95. The van der Waals surface area contributed by atoms with Gasteiger partial charge in [0, 0.05) is 24.7 Å². The van der Waals surface area contributed by atoms with E-state index in [0.717, 1.165) is 24.2 Å². The molecule has 0 aliphatic carbocycles. The first-order valence-corrected chi connectivity index (χ1v) is 5.34. The number of rotatable bonds is 2. The molecule has 3 heteroatoms. The predicted octanol–water partition coefficient (Wildman–Crippen LogP) is 1.83. The third-order valence-corrected chi connectivity index (χ3v) is 2.80. The van der Waals surface area contributed by atoms with Crippen molar-refractivity contribution in [2.75, 3.05) is 11.4 Å². The lowest BCUT2D eigenvalue weighted by molar-refractivity contribution is -0.117. The second-order valence-electron chi connectivity index (χ2n) is 4.03. The fourth-order valence-corrected chi connectivity index (χ4v) is 1.88. The largest absolute Gasteiger partial charge is 0.324 e. The van der Waals surface area contributed by atoms with Gasteiger partial charge in [-0.1, -0.05) is 12.1 Å². The zero-order valence-electron chi connectivity index (χ0n) is 8.94. The van der Waals surface area contributed by atoms with Crippen molar-refractivity contribution in [1.29, 1.82) is 0 Å². The molecule has 1 heterocycles. The molecule has 1 aliphatic rings. The molecule has 1 fully saturated rings. The quantitative estimate of drug-likeness (QED) is 0.799. The first-order valence-electron chi connectivity index (χ1n) is 5.34. The van der Waals surface area contributed by atoms with E-state index in [0.29, 0.717) is 6.42 Å². The summed E-state index contributed by atoms with van der Waals surface area (Å²) in [4.78, 5) is 13.3. The normalized spacial score (nSPS) is 18.3. The molecule has 0 radical (unpaired) electrons. The summed E-state index contributed by atoms with van der Waals surface area (Å²) in [5.74, 6) is 0.226. The highest BCUT2D eigenvalue weighted by Crippen LogP contribution is 2.22. The van der Waals surface area contributed by atoms with E-state index >= 15 is 0 Å².